The summed E-state index contributed by atoms with van der Waals surface area (Å²) >= 11 is 1.32. The van der Waals surface area contributed by atoms with Gasteiger partial charge in [0, 0.05) is 42.7 Å². The lowest BCUT2D eigenvalue weighted by molar-refractivity contribution is -0.120. The van der Waals surface area contributed by atoms with Crippen LogP contribution in [0.15, 0.2) is 23.7 Å². The Kier molecular flexibility index (Phi) is 6.94. The minimum absolute atomic E-state index is 0.0856. The highest BCUT2D eigenvalue weighted by molar-refractivity contribution is 7.13. The first-order valence-corrected chi connectivity index (χ1v) is 10.2. The van der Waals surface area contributed by atoms with E-state index in [-0.39, 0.29) is 24.2 Å². The van der Waals surface area contributed by atoms with Gasteiger partial charge in [-0.25, -0.2) is 9.97 Å². The summed E-state index contributed by atoms with van der Waals surface area (Å²) in [6, 6.07) is 3.84. The Hall–Kier alpha value is -2.52. The first-order chi connectivity index (χ1) is 13.5. The maximum Gasteiger partial charge on any atom is 0.228 e. The van der Waals surface area contributed by atoms with Gasteiger partial charge in [0.25, 0.3) is 0 Å². The molecule has 0 aromatic carbocycles. The standard InChI is InChI=1S/C19H25N5O3S/c1-13(2)18(26)23-19-22-15(12-28-19)10-16(25)21-11-14-4-3-5-20-17(14)24-6-8-27-9-7-24/h3-5,12-13H,6-11H2,1-2H3,(H,21,25)(H,22,23,26). The number of morpholine rings is 1. The van der Waals surface area contributed by atoms with Crippen molar-refractivity contribution in [3.05, 3.63) is 35.0 Å². The van der Waals surface area contributed by atoms with Crippen LogP contribution in [-0.4, -0.2) is 48.1 Å². The highest BCUT2D eigenvalue weighted by Gasteiger charge is 2.17. The third-order valence-corrected chi connectivity index (χ3v) is 5.11. The molecule has 2 amide bonds. The number of ether oxygens (including phenoxy) is 1. The monoisotopic (exact) mass is 403 g/mol. The fraction of sp³-hybridized carbons (Fsp3) is 0.474. The molecule has 28 heavy (non-hydrogen) atoms. The number of carbonyl (C=O) groups is 2. The zero-order chi connectivity index (χ0) is 19.9. The van der Waals surface area contributed by atoms with Gasteiger partial charge in [-0.1, -0.05) is 19.9 Å². The molecule has 2 aromatic rings. The van der Waals surface area contributed by atoms with Crippen molar-refractivity contribution in [1.29, 1.82) is 0 Å². The van der Waals surface area contributed by atoms with E-state index in [1.807, 2.05) is 26.0 Å². The molecule has 9 heteroatoms. The summed E-state index contributed by atoms with van der Waals surface area (Å²) in [7, 11) is 0. The normalized spacial score (nSPS) is 14.2. The molecule has 0 atom stereocenters. The molecule has 2 aromatic heterocycles. The van der Waals surface area contributed by atoms with Gasteiger partial charge in [0.2, 0.25) is 11.8 Å². The molecule has 0 unspecified atom stereocenters. The summed E-state index contributed by atoms with van der Waals surface area (Å²) < 4.78 is 5.39. The van der Waals surface area contributed by atoms with Gasteiger partial charge in [-0.3, -0.25) is 9.59 Å². The molecule has 0 radical (unpaired) electrons. The van der Waals surface area contributed by atoms with Crippen LogP contribution >= 0.6 is 11.3 Å². The third-order valence-electron chi connectivity index (χ3n) is 4.30. The quantitative estimate of drug-likeness (QED) is 0.732. The van der Waals surface area contributed by atoms with E-state index in [0.717, 1.165) is 24.5 Å². The molecule has 1 aliphatic heterocycles. The van der Waals surface area contributed by atoms with Crippen molar-refractivity contribution in [2.45, 2.75) is 26.8 Å². The zero-order valence-electron chi connectivity index (χ0n) is 16.1. The fourth-order valence-electron chi connectivity index (χ4n) is 2.74. The Labute approximate surface area is 168 Å². The zero-order valence-corrected chi connectivity index (χ0v) is 16.9. The number of thiazole rings is 1. The molecule has 8 nitrogen and oxygen atoms in total. The third kappa shape index (κ3) is 5.49. The number of hydrogen-bond donors (Lipinski definition) is 2. The van der Waals surface area contributed by atoms with Crippen LogP contribution in [0.4, 0.5) is 10.9 Å². The lowest BCUT2D eigenvalue weighted by Crippen LogP contribution is -2.38. The number of nitrogens with zero attached hydrogens (tertiary/aromatic N) is 3. The lowest BCUT2D eigenvalue weighted by Gasteiger charge is -2.29. The van der Waals surface area contributed by atoms with Crippen molar-refractivity contribution < 1.29 is 14.3 Å². The summed E-state index contributed by atoms with van der Waals surface area (Å²) in [4.78, 5) is 35.0. The summed E-state index contributed by atoms with van der Waals surface area (Å²) in [6.07, 6.45) is 1.93. The van der Waals surface area contributed by atoms with E-state index >= 15 is 0 Å². The Morgan fingerprint density at radius 3 is 2.86 bits per heavy atom. The van der Waals surface area contributed by atoms with Crippen molar-refractivity contribution >= 4 is 34.1 Å². The average Bonchev–Trinajstić information content (AvgIpc) is 3.14. The van der Waals surface area contributed by atoms with Gasteiger partial charge in [0.1, 0.15) is 5.82 Å². The van der Waals surface area contributed by atoms with Gasteiger partial charge in [-0.2, -0.15) is 0 Å². The second kappa shape index (κ2) is 9.61. The second-order valence-electron chi connectivity index (χ2n) is 6.83. The van der Waals surface area contributed by atoms with E-state index in [1.165, 1.54) is 11.3 Å². The van der Waals surface area contributed by atoms with Crippen LogP contribution < -0.4 is 15.5 Å². The topological polar surface area (TPSA) is 96.5 Å². The first kappa shape index (κ1) is 20.2. The van der Waals surface area contributed by atoms with Crippen molar-refractivity contribution in [2.24, 2.45) is 5.92 Å². The minimum atomic E-state index is -0.121. The Morgan fingerprint density at radius 1 is 1.32 bits per heavy atom. The van der Waals surface area contributed by atoms with Crippen LogP contribution in [0.3, 0.4) is 0 Å². The molecule has 0 spiro atoms. The predicted molar refractivity (Wildman–Crippen MR) is 108 cm³/mol. The predicted octanol–water partition coefficient (Wildman–Crippen LogP) is 1.83. The highest BCUT2D eigenvalue weighted by Crippen LogP contribution is 2.19. The molecule has 1 saturated heterocycles. The van der Waals surface area contributed by atoms with Crippen LogP contribution in [0.5, 0.6) is 0 Å². The molecular weight excluding hydrogens is 378 g/mol. The largest absolute Gasteiger partial charge is 0.378 e. The molecule has 1 aliphatic rings. The first-order valence-electron chi connectivity index (χ1n) is 9.31. The SMILES string of the molecule is CC(C)C(=O)Nc1nc(CC(=O)NCc2cccnc2N2CCOCC2)cs1. The van der Waals surface area contributed by atoms with Crippen LogP contribution in [0, 0.1) is 5.92 Å². The van der Waals surface area contributed by atoms with Crippen LogP contribution in [0.1, 0.15) is 25.1 Å². The molecular formula is C19H25N5O3S. The number of pyridine rings is 1. The number of hydrogen-bond acceptors (Lipinski definition) is 7. The Balaban J connectivity index is 1.54. The van der Waals surface area contributed by atoms with Crippen molar-refractivity contribution in [3.63, 3.8) is 0 Å². The summed E-state index contributed by atoms with van der Waals surface area (Å²) in [5, 5.41) is 7.99. The van der Waals surface area contributed by atoms with Gasteiger partial charge >= 0.3 is 0 Å². The van der Waals surface area contributed by atoms with E-state index in [0.29, 0.717) is 30.6 Å². The molecule has 0 aliphatic carbocycles. The number of aromatic nitrogens is 2. The van der Waals surface area contributed by atoms with E-state index < -0.39 is 0 Å². The minimum Gasteiger partial charge on any atom is -0.378 e. The number of carbonyl (C=O) groups excluding carboxylic acids is 2. The Bertz CT molecular complexity index is 817. The molecule has 3 rings (SSSR count). The molecule has 2 N–H and O–H groups in total. The van der Waals surface area contributed by atoms with Gasteiger partial charge in [-0.05, 0) is 6.07 Å². The number of rotatable bonds is 7. The maximum absolute atomic E-state index is 12.3. The summed E-state index contributed by atoms with van der Waals surface area (Å²) in [5.74, 6) is 0.565. The fourth-order valence-corrected chi connectivity index (χ4v) is 3.46. The average molecular weight is 404 g/mol. The Morgan fingerprint density at radius 2 is 2.11 bits per heavy atom. The van der Waals surface area contributed by atoms with Crippen LogP contribution in [0.2, 0.25) is 0 Å². The lowest BCUT2D eigenvalue weighted by atomic mass is 10.2. The van der Waals surface area contributed by atoms with E-state index in [9.17, 15) is 9.59 Å². The van der Waals surface area contributed by atoms with Crippen molar-refractivity contribution in [3.8, 4) is 0 Å². The molecule has 0 saturated carbocycles. The van der Waals surface area contributed by atoms with E-state index in [2.05, 4.69) is 25.5 Å². The molecule has 3 heterocycles. The summed E-state index contributed by atoms with van der Waals surface area (Å²) in [5.41, 5.74) is 1.61. The van der Waals surface area contributed by atoms with Crippen molar-refractivity contribution in [2.75, 3.05) is 36.5 Å². The number of amides is 2. The van der Waals surface area contributed by atoms with Crippen LogP contribution in [-0.2, 0) is 27.3 Å². The molecule has 1 fully saturated rings. The van der Waals surface area contributed by atoms with Crippen molar-refractivity contribution in [1.82, 2.24) is 15.3 Å². The molecule has 150 valence electrons. The van der Waals surface area contributed by atoms with Gasteiger partial charge in [-0.15, -0.1) is 11.3 Å². The van der Waals surface area contributed by atoms with E-state index in [4.69, 9.17) is 4.74 Å². The molecule has 0 bridgehead atoms. The number of anilines is 2. The highest BCUT2D eigenvalue weighted by atomic mass is 32.1. The smallest absolute Gasteiger partial charge is 0.228 e. The number of nitrogens with one attached hydrogen (secondary N) is 2. The van der Waals surface area contributed by atoms with Crippen LogP contribution in [0.25, 0.3) is 0 Å². The maximum atomic E-state index is 12.3. The summed E-state index contributed by atoms with van der Waals surface area (Å²) in [6.45, 7) is 7.00. The second-order valence-corrected chi connectivity index (χ2v) is 7.69. The van der Waals surface area contributed by atoms with Gasteiger partial charge in [0.15, 0.2) is 5.13 Å². The van der Waals surface area contributed by atoms with Gasteiger partial charge < -0.3 is 20.3 Å². The van der Waals surface area contributed by atoms with Gasteiger partial charge in [0.05, 0.1) is 25.3 Å². The van der Waals surface area contributed by atoms with E-state index in [1.54, 1.807) is 11.6 Å².